The second-order valence-corrected chi connectivity index (χ2v) is 19.9. The molecule has 0 saturated heterocycles. The molecule has 6 aromatic rings. The van der Waals surface area contributed by atoms with Crippen LogP contribution in [0, 0.1) is 5.92 Å². The summed E-state index contributed by atoms with van der Waals surface area (Å²) in [6.07, 6.45) is 2.93. The van der Waals surface area contributed by atoms with Crippen LogP contribution in [0.15, 0.2) is 102 Å². The van der Waals surface area contributed by atoms with Crippen LogP contribution in [0.1, 0.15) is 19.4 Å². The van der Waals surface area contributed by atoms with Crippen LogP contribution in [-0.4, -0.2) is 18.3 Å². The number of fused-ring (bicyclic) bond motifs is 4. The number of hydrogen-bond donors (Lipinski definition) is 0. The van der Waals surface area contributed by atoms with Gasteiger partial charge in [-0.15, -0.1) is 0 Å². The average Bonchev–Trinajstić information content (AvgIpc) is 3.28. The molecule has 0 radical (unpaired) electrons. The number of benzene rings is 4. The fraction of sp³-hybridized carbons (Fsp3) is 0.182. The Morgan fingerprint density at radius 1 is 0.750 bits per heavy atom. The van der Waals surface area contributed by atoms with Crippen molar-refractivity contribution >= 4 is 54.8 Å². The molecule has 0 fully saturated rings. The molecule has 0 amide bonds. The molecule has 0 atom stereocenters. The normalized spacial score (nSPS) is 12.2. The average molecular weight is 530 g/mol. The monoisotopic (exact) mass is 531 g/mol. The summed E-state index contributed by atoms with van der Waals surface area (Å²) in [4.78, 5) is 4.89. The first kappa shape index (κ1) is 23.1. The Hall–Kier alpha value is -3.37. The van der Waals surface area contributed by atoms with Gasteiger partial charge in [-0.2, -0.15) is 0 Å². The van der Waals surface area contributed by atoms with Crippen LogP contribution < -0.4 is 8.79 Å². The summed E-state index contributed by atoms with van der Waals surface area (Å²) in [5, 5.41) is 4.93. The summed E-state index contributed by atoms with van der Waals surface area (Å²) >= 11 is -2.60. The number of rotatable bonds is 5. The Morgan fingerprint density at radius 3 is 2.28 bits per heavy atom. The zero-order valence-corrected chi connectivity index (χ0v) is 23.5. The minimum absolute atomic E-state index is 0.566. The molecule has 2 heterocycles. The van der Waals surface area contributed by atoms with Crippen LogP contribution in [-0.2, 0) is 6.42 Å². The Kier molecular flexibility index (Phi) is 5.72. The summed E-state index contributed by atoms with van der Waals surface area (Å²) in [5.41, 5.74) is 5.21. The second kappa shape index (κ2) is 8.94. The SMILES string of the molecule is CC(C)Cc1cccc2c1oc1c(-c3c[c]([Ge]([CH3])([CH3])[c]4ccccc4)c4ccccc4c3)nccc12. The molecular weight excluding hydrogens is 499 g/mol. The van der Waals surface area contributed by atoms with Gasteiger partial charge in [0, 0.05) is 0 Å². The summed E-state index contributed by atoms with van der Waals surface area (Å²) in [6.45, 7) is 4.51. The van der Waals surface area contributed by atoms with Crippen molar-refractivity contribution < 1.29 is 4.42 Å². The molecule has 0 aliphatic heterocycles. The first-order valence-corrected chi connectivity index (χ1v) is 19.1. The van der Waals surface area contributed by atoms with Gasteiger partial charge in [-0.3, -0.25) is 0 Å². The van der Waals surface area contributed by atoms with Crippen molar-refractivity contribution in [1.82, 2.24) is 4.98 Å². The summed E-state index contributed by atoms with van der Waals surface area (Å²) < 4.78 is 9.60. The van der Waals surface area contributed by atoms with Crippen LogP contribution in [0.25, 0.3) is 44.0 Å². The van der Waals surface area contributed by atoms with E-state index in [1.165, 1.54) is 30.5 Å². The van der Waals surface area contributed by atoms with E-state index in [0.717, 1.165) is 34.2 Å². The van der Waals surface area contributed by atoms with Gasteiger partial charge in [0.1, 0.15) is 0 Å². The minimum atomic E-state index is -2.60. The van der Waals surface area contributed by atoms with Crippen molar-refractivity contribution in [3.05, 3.63) is 103 Å². The maximum absolute atomic E-state index is 6.65. The molecule has 0 aliphatic rings. The van der Waals surface area contributed by atoms with Crippen LogP contribution in [0.2, 0.25) is 11.5 Å². The van der Waals surface area contributed by atoms with Crippen LogP contribution >= 0.6 is 0 Å². The number of aromatic nitrogens is 1. The van der Waals surface area contributed by atoms with Gasteiger partial charge in [0.15, 0.2) is 0 Å². The van der Waals surface area contributed by atoms with E-state index in [-0.39, 0.29) is 0 Å². The third-order valence-corrected chi connectivity index (χ3v) is 14.8. The molecular formula is C33H31GeNO. The summed E-state index contributed by atoms with van der Waals surface area (Å²) in [7, 11) is 0. The quantitative estimate of drug-likeness (QED) is 0.213. The van der Waals surface area contributed by atoms with Crippen molar-refractivity contribution in [1.29, 1.82) is 0 Å². The second-order valence-electron chi connectivity index (χ2n) is 10.8. The van der Waals surface area contributed by atoms with Gasteiger partial charge in [0.05, 0.1) is 0 Å². The molecule has 0 aliphatic carbocycles. The van der Waals surface area contributed by atoms with Crippen LogP contribution in [0.3, 0.4) is 0 Å². The molecule has 2 aromatic heterocycles. The first-order valence-electron chi connectivity index (χ1n) is 12.8. The predicted octanol–water partition coefficient (Wildman–Crippen LogP) is 7.82. The number of hydrogen-bond acceptors (Lipinski definition) is 2. The van der Waals surface area contributed by atoms with Crippen molar-refractivity contribution in [2.24, 2.45) is 5.92 Å². The van der Waals surface area contributed by atoms with Gasteiger partial charge < -0.3 is 0 Å². The Bertz CT molecular complexity index is 1710. The molecule has 0 spiro atoms. The van der Waals surface area contributed by atoms with Crippen molar-refractivity contribution in [3.63, 3.8) is 0 Å². The third kappa shape index (κ3) is 3.85. The van der Waals surface area contributed by atoms with E-state index >= 15 is 0 Å². The molecule has 3 heteroatoms. The predicted molar refractivity (Wildman–Crippen MR) is 156 cm³/mol. The molecule has 2 nitrogen and oxygen atoms in total. The zero-order chi connectivity index (χ0) is 24.9. The Labute approximate surface area is 215 Å². The zero-order valence-electron chi connectivity index (χ0n) is 21.4. The summed E-state index contributed by atoms with van der Waals surface area (Å²) in [6, 6.07) is 33.1. The number of pyridine rings is 1. The van der Waals surface area contributed by atoms with E-state index in [1.807, 2.05) is 6.20 Å². The van der Waals surface area contributed by atoms with Gasteiger partial charge in [0.25, 0.3) is 0 Å². The van der Waals surface area contributed by atoms with Gasteiger partial charge in [-0.25, -0.2) is 0 Å². The maximum atomic E-state index is 6.65. The fourth-order valence-corrected chi connectivity index (χ4v) is 11.3. The van der Waals surface area contributed by atoms with E-state index in [2.05, 4.69) is 116 Å². The van der Waals surface area contributed by atoms with Crippen molar-refractivity contribution in [2.45, 2.75) is 31.8 Å². The standard InChI is InChI=1S/C33H31GeNO/c1-22(2)19-24-12-10-16-28-29-17-18-35-31(33(29)36-32(24)28)25-20-23-11-8-9-15-27(23)30(21-25)34(3,4)26-13-6-5-7-14-26/h5-18,20-22H,19H2,1-4H3. The van der Waals surface area contributed by atoms with Gasteiger partial charge in [-0.1, -0.05) is 0 Å². The Morgan fingerprint density at radius 2 is 1.47 bits per heavy atom. The van der Waals surface area contributed by atoms with Gasteiger partial charge in [0.2, 0.25) is 0 Å². The van der Waals surface area contributed by atoms with E-state index < -0.39 is 13.3 Å². The molecule has 0 N–H and O–H groups in total. The van der Waals surface area contributed by atoms with E-state index in [1.54, 1.807) is 0 Å². The Balaban J connectivity index is 1.62. The molecule has 0 unspecified atom stereocenters. The van der Waals surface area contributed by atoms with Crippen molar-refractivity contribution in [3.8, 4) is 11.3 Å². The van der Waals surface area contributed by atoms with E-state index in [9.17, 15) is 0 Å². The van der Waals surface area contributed by atoms with E-state index in [0.29, 0.717) is 5.92 Å². The summed E-state index contributed by atoms with van der Waals surface area (Å²) in [5.74, 6) is 5.55. The van der Waals surface area contributed by atoms with Crippen LogP contribution in [0.4, 0.5) is 0 Å². The van der Waals surface area contributed by atoms with Gasteiger partial charge >= 0.3 is 216 Å². The molecule has 36 heavy (non-hydrogen) atoms. The number of furan rings is 1. The fourth-order valence-electron chi connectivity index (χ4n) is 5.56. The molecule has 0 saturated carbocycles. The van der Waals surface area contributed by atoms with Gasteiger partial charge in [-0.05, 0) is 0 Å². The van der Waals surface area contributed by atoms with Crippen molar-refractivity contribution in [2.75, 3.05) is 0 Å². The van der Waals surface area contributed by atoms with Crippen LogP contribution in [0.5, 0.6) is 0 Å². The molecule has 6 rings (SSSR count). The number of para-hydroxylation sites is 1. The number of nitrogens with zero attached hydrogens (tertiary/aromatic N) is 1. The third-order valence-electron chi connectivity index (χ3n) is 7.43. The van der Waals surface area contributed by atoms with E-state index in [4.69, 9.17) is 9.40 Å². The first-order chi connectivity index (χ1) is 17.4. The molecule has 178 valence electrons. The molecule has 0 bridgehead atoms. The topological polar surface area (TPSA) is 26.0 Å². The molecule has 4 aromatic carbocycles.